The summed E-state index contributed by atoms with van der Waals surface area (Å²) in [4.78, 5) is 0. The Morgan fingerprint density at radius 3 is 2.75 bits per heavy atom. The molecule has 0 radical (unpaired) electrons. The van der Waals surface area contributed by atoms with Crippen molar-refractivity contribution in [2.75, 3.05) is 0 Å². The van der Waals surface area contributed by atoms with E-state index in [1.807, 2.05) is 7.05 Å². The summed E-state index contributed by atoms with van der Waals surface area (Å²) in [5.74, 6) is 0.462. The van der Waals surface area contributed by atoms with E-state index in [1.54, 1.807) is 10.9 Å². The normalized spacial score (nSPS) is 16.0. The molecular formula is C8H14ClN3. The van der Waals surface area contributed by atoms with E-state index in [0.717, 1.165) is 12.1 Å². The molecule has 0 aliphatic heterocycles. The van der Waals surface area contributed by atoms with Crippen LogP contribution in [0.3, 0.4) is 0 Å². The van der Waals surface area contributed by atoms with Gasteiger partial charge in [-0.25, -0.2) is 0 Å². The van der Waals surface area contributed by atoms with Crippen LogP contribution in [0.15, 0.2) is 6.20 Å². The lowest BCUT2D eigenvalue weighted by molar-refractivity contribution is 0.514. The summed E-state index contributed by atoms with van der Waals surface area (Å²) in [6.07, 6.45) is 2.79. The second-order valence-corrected chi connectivity index (χ2v) is 3.54. The minimum Gasteiger partial charge on any atom is -0.251 e. The molecule has 4 heteroatoms. The van der Waals surface area contributed by atoms with Crippen LogP contribution in [0, 0.1) is 5.92 Å². The molecule has 0 amide bonds. The number of rotatable bonds is 3. The van der Waals surface area contributed by atoms with Crippen LogP contribution in [0.1, 0.15) is 31.3 Å². The highest BCUT2D eigenvalue weighted by atomic mass is 35.5. The Morgan fingerprint density at radius 1 is 1.67 bits per heavy atom. The summed E-state index contributed by atoms with van der Waals surface area (Å²) in [7, 11) is 1.86. The van der Waals surface area contributed by atoms with Gasteiger partial charge in [0.1, 0.15) is 0 Å². The Hall–Kier alpha value is -0.570. The molecule has 1 rings (SSSR count). The van der Waals surface area contributed by atoms with E-state index in [2.05, 4.69) is 24.2 Å². The summed E-state index contributed by atoms with van der Waals surface area (Å²) in [6, 6.07) is 0. The molecule has 1 heterocycles. The fourth-order valence-electron chi connectivity index (χ4n) is 1.05. The Morgan fingerprint density at radius 2 is 2.33 bits per heavy atom. The fraction of sp³-hybridized carbons (Fsp3) is 0.750. The molecule has 0 fully saturated rings. The average Bonchev–Trinajstić information content (AvgIpc) is 2.48. The number of halogens is 1. The molecule has 1 aromatic heterocycles. The molecule has 0 spiro atoms. The summed E-state index contributed by atoms with van der Waals surface area (Å²) in [5.41, 5.74) is 0.992. The molecule has 2 atom stereocenters. The van der Waals surface area contributed by atoms with Gasteiger partial charge >= 0.3 is 0 Å². The topological polar surface area (TPSA) is 30.7 Å². The van der Waals surface area contributed by atoms with Crippen LogP contribution in [0.5, 0.6) is 0 Å². The fourth-order valence-corrected chi connectivity index (χ4v) is 1.42. The molecule has 1 aromatic rings. The highest BCUT2D eigenvalue weighted by Gasteiger charge is 2.18. The maximum absolute atomic E-state index is 6.20. The van der Waals surface area contributed by atoms with Gasteiger partial charge in [-0.3, -0.25) is 4.68 Å². The van der Waals surface area contributed by atoms with Gasteiger partial charge in [-0.2, -0.15) is 0 Å². The maximum atomic E-state index is 6.20. The van der Waals surface area contributed by atoms with Gasteiger partial charge in [0.15, 0.2) is 0 Å². The first-order chi connectivity index (χ1) is 5.66. The van der Waals surface area contributed by atoms with Crippen molar-refractivity contribution < 1.29 is 0 Å². The van der Waals surface area contributed by atoms with Crippen molar-refractivity contribution in [1.29, 1.82) is 0 Å². The lowest BCUT2D eigenvalue weighted by atomic mass is 10.0. The van der Waals surface area contributed by atoms with Crippen molar-refractivity contribution >= 4 is 11.6 Å². The van der Waals surface area contributed by atoms with Crippen LogP contribution in [-0.2, 0) is 7.05 Å². The molecule has 68 valence electrons. The third-order valence-electron chi connectivity index (χ3n) is 2.18. The van der Waals surface area contributed by atoms with E-state index in [0.29, 0.717) is 5.92 Å². The van der Waals surface area contributed by atoms with Gasteiger partial charge in [0.05, 0.1) is 17.3 Å². The number of aryl methyl sites for hydroxylation is 1. The number of hydrogen-bond acceptors (Lipinski definition) is 2. The largest absolute Gasteiger partial charge is 0.251 e. The van der Waals surface area contributed by atoms with Gasteiger partial charge in [-0.1, -0.05) is 25.5 Å². The minimum atomic E-state index is 0.0231. The first kappa shape index (κ1) is 9.52. The molecule has 0 aliphatic rings. The molecule has 0 aromatic carbocycles. The smallest absolute Gasteiger partial charge is 0.0795 e. The van der Waals surface area contributed by atoms with E-state index in [9.17, 15) is 0 Å². The van der Waals surface area contributed by atoms with E-state index < -0.39 is 0 Å². The summed E-state index contributed by atoms with van der Waals surface area (Å²) in [5, 5.41) is 7.65. The van der Waals surface area contributed by atoms with E-state index >= 15 is 0 Å². The van der Waals surface area contributed by atoms with E-state index in [4.69, 9.17) is 11.6 Å². The summed E-state index contributed by atoms with van der Waals surface area (Å²) in [6.45, 7) is 4.26. The van der Waals surface area contributed by atoms with Crippen molar-refractivity contribution in [3.8, 4) is 0 Å². The minimum absolute atomic E-state index is 0.0231. The lowest BCUT2D eigenvalue weighted by Crippen LogP contribution is -2.07. The number of nitrogens with zero attached hydrogens (tertiary/aromatic N) is 3. The van der Waals surface area contributed by atoms with Crippen molar-refractivity contribution in [2.24, 2.45) is 13.0 Å². The summed E-state index contributed by atoms with van der Waals surface area (Å²) < 4.78 is 1.73. The first-order valence-electron chi connectivity index (χ1n) is 4.15. The van der Waals surface area contributed by atoms with E-state index in [1.165, 1.54) is 0 Å². The second-order valence-electron chi connectivity index (χ2n) is 3.07. The monoisotopic (exact) mass is 187 g/mol. The molecule has 0 aliphatic carbocycles. The number of alkyl halides is 1. The van der Waals surface area contributed by atoms with E-state index in [-0.39, 0.29) is 5.38 Å². The van der Waals surface area contributed by atoms with Gasteiger partial charge in [0.25, 0.3) is 0 Å². The number of aromatic nitrogens is 3. The zero-order valence-electron chi connectivity index (χ0n) is 7.66. The van der Waals surface area contributed by atoms with Crippen molar-refractivity contribution in [3.63, 3.8) is 0 Å². The third-order valence-corrected chi connectivity index (χ3v) is 2.83. The van der Waals surface area contributed by atoms with Crippen LogP contribution in [-0.4, -0.2) is 15.0 Å². The predicted molar refractivity (Wildman–Crippen MR) is 49.1 cm³/mol. The van der Waals surface area contributed by atoms with Crippen molar-refractivity contribution in [3.05, 3.63) is 11.9 Å². The van der Waals surface area contributed by atoms with Gasteiger partial charge in [-0.05, 0) is 5.92 Å². The maximum Gasteiger partial charge on any atom is 0.0795 e. The van der Waals surface area contributed by atoms with Gasteiger partial charge < -0.3 is 0 Å². The summed E-state index contributed by atoms with van der Waals surface area (Å²) >= 11 is 6.20. The van der Waals surface area contributed by atoms with Crippen molar-refractivity contribution in [1.82, 2.24) is 15.0 Å². The van der Waals surface area contributed by atoms with Gasteiger partial charge in [0.2, 0.25) is 0 Å². The zero-order valence-corrected chi connectivity index (χ0v) is 8.41. The Bertz CT molecular complexity index is 246. The molecule has 2 unspecified atom stereocenters. The molecule has 0 saturated heterocycles. The standard InChI is InChI=1S/C8H14ClN3/c1-4-6(2)8(9)7-5-10-11-12(7)3/h5-6,8H,4H2,1-3H3. The highest BCUT2D eigenvalue weighted by Crippen LogP contribution is 2.29. The molecule has 12 heavy (non-hydrogen) atoms. The van der Waals surface area contributed by atoms with Crippen LogP contribution < -0.4 is 0 Å². The number of hydrogen-bond donors (Lipinski definition) is 0. The molecule has 0 bridgehead atoms. The SMILES string of the molecule is CCC(C)C(Cl)c1cnnn1C. The second kappa shape index (κ2) is 3.90. The Balaban J connectivity index is 2.77. The molecule has 0 N–H and O–H groups in total. The van der Waals surface area contributed by atoms with Crippen LogP contribution in [0.25, 0.3) is 0 Å². The zero-order chi connectivity index (χ0) is 9.14. The van der Waals surface area contributed by atoms with Gasteiger partial charge in [-0.15, -0.1) is 16.7 Å². The third kappa shape index (κ3) is 1.78. The van der Waals surface area contributed by atoms with Crippen LogP contribution >= 0.6 is 11.6 Å². The van der Waals surface area contributed by atoms with Crippen LogP contribution in [0.4, 0.5) is 0 Å². The average molecular weight is 188 g/mol. The van der Waals surface area contributed by atoms with Crippen molar-refractivity contribution in [2.45, 2.75) is 25.6 Å². The highest BCUT2D eigenvalue weighted by molar-refractivity contribution is 6.20. The van der Waals surface area contributed by atoms with Gasteiger partial charge in [0, 0.05) is 7.05 Å². The van der Waals surface area contributed by atoms with Crippen LogP contribution in [0.2, 0.25) is 0 Å². The Labute approximate surface area is 77.7 Å². The lowest BCUT2D eigenvalue weighted by Gasteiger charge is -2.14. The quantitative estimate of drug-likeness (QED) is 0.679. The first-order valence-corrected chi connectivity index (χ1v) is 4.59. The Kier molecular flexibility index (Phi) is 3.09. The molecule has 3 nitrogen and oxygen atoms in total. The molecular weight excluding hydrogens is 174 g/mol. The molecule has 0 saturated carbocycles. The predicted octanol–water partition coefficient (Wildman–Crippen LogP) is 2.14.